The Balaban J connectivity index is 5.39. The molecule has 0 heterocycles. The van der Waals surface area contributed by atoms with Crippen molar-refractivity contribution in [2.75, 3.05) is 39.6 Å². The van der Waals surface area contributed by atoms with Gasteiger partial charge in [-0.05, 0) is 89.9 Å². The number of allylic oxidation sites excluding steroid dienone is 14. The molecular formula is C79H140O17P2. The zero-order chi connectivity index (χ0) is 71.8. The minimum absolute atomic E-state index is 0.0273. The van der Waals surface area contributed by atoms with Crippen molar-refractivity contribution in [1.82, 2.24) is 0 Å². The van der Waals surface area contributed by atoms with Gasteiger partial charge in [0.05, 0.1) is 26.4 Å². The van der Waals surface area contributed by atoms with Crippen molar-refractivity contribution < 1.29 is 80.2 Å². The minimum atomic E-state index is -4.99. The number of phosphoric acid groups is 2. The second-order valence-electron chi connectivity index (χ2n) is 25.9. The highest BCUT2D eigenvalue weighted by Crippen LogP contribution is 2.45. The normalized spacial score (nSPS) is 14.4. The number of rotatable bonds is 73. The van der Waals surface area contributed by atoms with Gasteiger partial charge in [0, 0.05) is 25.7 Å². The third-order valence-corrected chi connectivity index (χ3v) is 18.3. The fourth-order valence-corrected chi connectivity index (χ4v) is 12.1. The van der Waals surface area contributed by atoms with E-state index in [0.29, 0.717) is 32.1 Å². The number of carbonyl (C=O) groups excluding carboxylic acids is 4. The van der Waals surface area contributed by atoms with E-state index in [9.17, 15) is 43.2 Å². The van der Waals surface area contributed by atoms with Crippen LogP contribution in [-0.4, -0.2) is 96.7 Å². The lowest BCUT2D eigenvalue weighted by molar-refractivity contribution is -0.161. The third-order valence-electron chi connectivity index (χ3n) is 16.4. The Morgan fingerprint density at radius 2 is 0.551 bits per heavy atom. The summed E-state index contributed by atoms with van der Waals surface area (Å²) < 4.78 is 68.4. The first-order valence-corrected chi connectivity index (χ1v) is 41.8. The Bertz CT molecular complexity index is 2190. The lowest BCUT2D eigenvalue weighted by Crippen LogP contribution is -2.30. The van der Waals surface area contributed by atoms with Crippen LogP contribution in [-0.2, 0) is 65.4 Å². The summed E-state index contributed by atoms with van der Waals surface area (Å²) in [6.45, 7) is 4.69. The topological polar surface area (TPSA) is 237 Å². The molecule has 0 aliphatic rings. The van der Waals surface area contributed by atoms with Crippen LogP contribution in [0.4, 0.5) is 0 Å². The standard InChI is InChI=1S/C79H140O17P2/c1-5-9-13-17-21-25-29-33-34-35-36-37-38-42-46-50-54-58-62-66-79(84)96-75(70-90-77(82)64-60-56-52-48-44-40-31-27-23-19-15-11-7-3)72-94-98(87,88)92-68-73(80)67-91-97(85,86)93-71-74(95-78(83)65-61-57-53-49-45-41-32-28-24-20-16-12-8-4)69-89-76(81)63-59-55-51-47-43-39-30-26-22-18-14-10-6-2/h9,13,21,25-26,30,33-34,36-37,42,46,54,58,73-75,80H,5-8,10-12,14-20,22-24,27-29,31-32,35,38-41,43-45,47-53,55-57,59-72H2,1-4H3,(H,85,86)(H,87,88)/b13-9-,25-21-,30-26-,34-33-,37-36-,46-42-,58-54-/t73-,74-,75-/m1/s1. The third kappa shape index (κ3) is 70.7. The van der Waals surface area contributed by atoms with Crippen molar-refractivity contribution in [2.24, 2.45) is 0 Å². The Morgan fingerprint density at radius 3 is 0.888 bits per heavy atom. The molecule has 17 nitrogen and oxygen atoms in total. The van der Waals surface area contributed by atoms with Crippen molar-refractivity contribution >= 4 is 39.5 Å². The maximum absolute atomic E-state index is 13.1. The molecule has 0 saturated carbocycles. The maximum Gasteiger partial charge on any atom is 0.472 e. The molecule has 0 saturated heterocycles. The molecule has 3 N–H and O–H groups in total. The summed E-state index contributed by atoms with van der Waals surface area (Å²) in [5, 5.41) is 10.6. The van der Waals surface area contributed by atoms with E-state index < -0.39 is 97.5 Å². The summed E-state index contributed by atoms with van der Waals surface area (Å²) in [4.78, 5) is 72.8. The Labute approximate surface area is 595 Å². The number of hydrogen-bond acceptors (Lipinski definition) is 15. The summed E-state index contributed by atoms with van der Waals surface area (Å²) in [6.07, 6.45) is 73.0. The second-order valence-corrected chi connectivity index (χ2v) is 28.8. The first-order chi connectivity index (χ1) is 47.7. The molecule has 0 aromatic heterocycles. The average Bonchev–Trinajstić information content (AvgIpc) is 0.982. The molecule has 0 radical (unpaired) electrons. The lowest BCUT2D eigenvalue weighted by atomic mass is 10.0. The maximum atomic E-state index is 13.1. The van der Waals surface area contributed by atoms with E-state index in [1.54, 1.807) is 0 Å². The largest absolute Gasteiger partial charge is 0.472 e. The fourth-order valence-electron chi connectivity index (χ4n) is 10.5. The van der Waals surface area contributed by atoms with Gasteiger partial charge in [0.2, 0.25) is 0 Å². The van der Waals surface area contributed by atoms with Crippen LogP contribution >= 0.6 is 15.6 Å². The number of aliphatic hydroxyl groups is 1. The first kappa shape index (κ1) is 94.2. The van der Waals surface area contributed by atoms with Gasteiger partial charge in [0.25, 0.3) is 0 Å². The zero-order valence-corrected chi connectivity index (χ0v) is 63.7. The second kappa shape index (κ2) is 71.6. The molecule has 0 bridgehead atoms. The van der Waals surface area contributed by atoms with Gasteiger partial charge in [0.1, 0.15) is 19.3 Å². The van der Waals surface area contributed by atoms with E-state index in [0.717, 1.165) is 116 Å². The Kier molecular flexibility index (Phi) is 68.9. The van der Waals surface area contributed by atoms with Crippen molar-refractivity contribution in [3.05, 3.63) is 85.1 Å². The number of unbranched alkanes of at least 4 members (excludes halogenated alkanes) is 33. The summed E-state index contributed by atoms with van der Waals surface area (Å²) in [6, 6.07) is 0. The van der Waals surface area contributed by atoms with E-state index in [2.05, 4.69) is 94.5 Å². The van der Waals surface area contributed by atoms with E-state index >= 15 is 0 Å². The number of carbonyl (C=O) groups is 4. The molecule has 0 aromatic rings. The Hall–Kier alpha value is -3.76. The lowest BCUT2D eigenvalue weighted by Gasteiger charge is -2.21. The highest BCUT2D eigenvalue weighted by atomic mass is 31.2. The predicted molar refractivity (Wildman–Crippen MR) is 399 cm³/mol. The van der Waals surface area contributed by atoms with Crippen LogP contribution in [0.2, 0.25) is 0 Å². The van der Waals surface area contributed by atoms with Gasteiger partial charge in [0.15, 0.2) is 12.2 Å². The summed E-state index contributed by atoms with van der Waals surface area (Å²) in [5.41, 5.74) is 0. The molecular weight excluding hydrogens is 1280 g/mol. The highest BCUT2D eigenvalue weighted by molar-refractivity contribution is 7.47. The van der Waals surface area contributed by atoms with E-state index in [1.165, 1.54) is 135 Å². The molecule has 5 atom stereocenters. The van der Waals surface area contributed by atoms with E-state index in [4.69, 9.17) is 37.0 Å². The zero-order valence-electron chi connectivity index (χ0n) is 62.0. The van der Waals surface area contributed by atoms with Crippen LogP contribution < -0.4 is 0 Å². The molecule has 568 valence electrons. The molecule has 2 unspecified atom stereocenters. The van der Waals surface area contributed by atoms with Gasteiger partial charge in [-0.3, -0.25) is 37.3 Å². The van der Waals surface area contributed by atoms with Crippen LogP contribution in [0.5, 0.6) is 0 Å². The van der Waals surface area contributed by atoms with Gasteiger partial charge in [-0.1, -0.05) is 305 Å². The fraction of sp³-hybridized carbons (Fsp3) is 0.772. The van der Waals surface area contributed by atoms with Gasteiger partial charge < -0.3 is 33.8 Å². The van der Waals surface area contributed by atoms with Crippen LogP contribution in [0.15, 0.2) is 85.1 Å². The van der Waals surface area contributed by atoms with Crippen LogP contribution in [0.1, 0.15) is 336 Å². The summed E-state index contributed by atoms with van der Waals surface area (Å²) >= 11 is 0. The number of esters is 4. The summed E-state index contributed by atoms with van der Waals surface area (Å²) in [7, 11) is -9.96. The van der Waals surface area contributed by atoms with Crippen molar-refractivity contribution in [3.63, 3.8) is 0 Å². The van der Waals surface area contributed by atoms with Crippen molar-refractivity contribution in [1.29, 1.82) is 0 Å². The van der Waals surface area contributed by atoms with Crippen molar-refractivity contribution in [3.8, 4) is 0 Å². The number of aliphatic hydroxyl groups excluding tert-OH is 1. The summed E-state index contributed by atoms with van der Waals surface area (Å²) in [5.74, 6) is -2.26. The molecule has 98 heavy (non-hydrogen) atoms. The monoisotopic (exact) mass is 1420 g/mol. The first-order valence-electron chi connectivity index (χ1n) is 38.8. The number of ether oxygens (including phenoxy) is 4. The van der Waals surface area contributed by atoms with Gasteiger partial charge in [-0.25, -0.2) is 9.13 Å². The van der Waals surface area contributed by atoms with Crippen LogP contribution in [0, 0.1) is 0 Å². The minimum Gasteiger partial charge on any atom is -0.462 e. The molecule has 0 aromatic carbocycles. The van der Waals surface area contributed by atoms with E-state index in [1.807, 2.05) is 18.2 Å². The Morgan fingerprint density at radius 1 is 0.296 bits per heavy atom. The van der Waals surface area contributed by atoms with Gasteiger partial charge in [-0.15, -0.1) is 0 Å². The van der Waals surface area contributed by atoms with Crippen LogP contribution in [0.3, 0.4) is 0 Å². The quantitative estimate of drug-likeness (QED) is 0.0169. The molecule has 0 amide bonds. The smallest absolute Gasteiger partial charge is 0.462 e. The molecule has 0 aliphatic heterocycles. The molecule has 0 fully saturated rings. The van der Waals surface area contributed by atoms with Crippen LogP contribution in [0.25, 0.3) is 0 Å². The predicted octanol–water partition coefficient (Wildman–Crippen LogP) is 22.2. The number of hydrogen-bond donors (Lipinski definition) is 3. The molecule has 0 rings (SSSR count). The molecule has 0 spiro atoms. The van der Waals surface area contributed by atoms with Crippen molar-refractivity contribution in [2.45, 2.75) is 354 Å². The molecule has 0 aliphatic carbocycles. The SMILES string of the molecule is CC/C=C\C/C=C\C/C=C\C/C=C\C/C=C\C/C=C\CCC(=O)O[C@H](COC(=O)CCCCCCCCCCCCCCC)COP(=O)(O)OC[C@H](O)COP(=O)(O)OC[C@@H](COC(=O)CCCCCCC/C=C\CCCCCC)OC(=O)CCCCCCCCCCCCCCC. The molecule has 19 heteroatoms. The highest BCUT2D eigenvalue weighted by Gasteiger charge is 2.30. The van der Waals surface area contributed by atoms with Gasteiger partial charge in [-0.2, -0.15) is 0 Å². The van der Waals surface area contributed by atoms with Gasteiger partial charge >= 0.3 is 39.5 Å². The number of phosphoric ester groups is 2. The average molecular weight is 1420 g/mol. The van der Waals surface area contributed by atoms with E-state index in [-0.39, 0.29) is 25.7 Å².